The third-order valence-electron chi connectivity index (χ3n) is 2.29. The van der Waals surface area contributed by atoms with Crippen LogP contribution in [0.5, 0.6) is 0 Å². The molecule has 0 aliphatic heterocycles. The Labute approximate surface area is 128 Å². The van der Waals surface area contributed by atoms with Gasteiger partial charge in [0, 0.05) is 24.2 Å². The average molecular weight is 333 g/mol. The second kappa shape index (κ2) is 8.35. The number of thiophene rings is 1. The molecular formula is C13H14F3N3O2S. The van der Waals surface area contributed by atoms with E-state index in [1.807, 2.05) is 18.2 Å². The molecule has 0 fully saturated rings. The minimum atomic E-state index is -5.08. The second-order valence-electron chi connectivity index (χ2n) is 4.00. The molecule has 0 aromatic carbocycles. The lowest BCUT2D eigenvalue weighted by Crippen LogP contribution is -2.21. The number of hydrogen-bond donors (Lipinski definition) is 3. The molecule has 0 bridgehead atoms. The van der Waals surface area contributed by atoms with Crippen LogP contribution in [0.4, 0.5) is 19.0 Å². The molecule has 0 amide bonds. The van der Waals surface area contributed by atoms with E-state index in [1.54, 1.807) is 17.5 Å². The number of hydrogen-bond acceptors (Lipinski definition) is 5. The predicted octanol–water partition coefficient (Wildman–Crippen LogP) is 2.85. The predicted molar refractivity (Wildman–Crippen MR) is 77.5 cm³/mol. The number of aromatic nitrogens is 1. The summed E-state index contributed by atoms with van der Waals surface area (Å²) in [5.41, 5.74) is 6.80. The third kappa shape index (κ3) is 6.55. The van der Waals surface area contributed by atoms with Crippen molar-refractivity contribution in [1.29, 1.82) is 0 Å². The molecule has 0 unspecified atom stereocenters. The summed E-state index contributed by atoms with van der Waals surface area (Å²) in [5.74, 6) is -1.86. The smallest absolute Gasteiger partial charge is 0.475 e. The van der Waals surface area contributed by atoms with Gasteiger partial charge in [-0.3, -0.25) is 0 Å². The fraction of sp³-hybridized carbons (Fsp3) is 0.231. The molecule has 0 saturated heterocycles. The lowest BCUT2D eigenvalue weighted by Gasteiger charge is -2.02. The van der Waals surface area contributed by atoms with Crippen LogP contribution in [0, 0.1) is 0 Å². The number of alkyl halides is 3. The molecule has 0 saturated carbocycles. The largest absolute Gasteiger partial charge is 0.490 e. The van der Waals surface area contributed by atoms with Crippen LogP contribution >= 0.6 is 11.3 Å². The molecule has 0 spiro atoms. The topological polar surface area (TPSA) is 88.2 Å². The first-order valence-corrected chi connectivity index (χ1v) is 6.92. The van der Waals surface area contributed by atoms with Crippen molar-refractivity contribution in [1.82, 2.24) is 4.98 Å². The standard InChI is InChI=1S/C11H13N3S.C2HF3O2/c12-6-10-5-9(8-15-10)7-14-11-3-1-2-4-13-11;3-2(4,5)1(6)7/h1-5,8H,6-7,12H2,(H,13,14);(H,6,7). The molecule has 0 atom stereocenters. The van der Waals surface area contributed by atoms with E-state index in [2.05, 4.69) is 21.7 Å². The summed E-state index contributed by atoms with van der Waals surface area (Å²) in [6.45, 7) is 1.42. The monoisotopic (exact) mass is 333 g/mol. The highest BCUT2D eigenvalue weighted by atomic mass is 32.1. The van der Waals surface area contributed by atoms with Crippen molar-refractivity contribution in [2.45, 2.75) is 19.3 Å². The number of pyridine rings is 1. The molecule has 0 aliphatic carbocycles. The molecule has 2 rings (SSSR count). The van der Waals surface area contributed by atoms with E-state index in [9.17, 15) is 13.2 Å². The van der Waals surface area contributed by atoms with Crippen molar-refractivity contribution in [3.05, 3.63) is 46.3 Å². The van der Waals surface area contributed by atoms with Gasteiger partial charge in [-0.1, -0.05) is 6.07 Å². The fourth-order valence-corrected chi connectivity index (χ4v) is 2.06. The number of nitrogens with zero attached hydrogens (tertiary/aromatic N) is 1. The Morgan fingerprint density at radius 3 is 2.55 bits per heavy atom. The van der Waals surface area contributed by atoms with Crippen LogP contribution in [0.3, 0.4) is 0 Å². The summed E-state index contributed by atoms with van der Waals surface area (Å²) in [4.78, 5) is 14.3. The molecule has 2 aromatic heterocycles. The zero-order valence-corrected chi connectivity index (χ0v) is 12.1. The van der Waals surface area contributed by atoms with Gasteiger partial charge in [-0.2, -0.15) is 13.2 Å². The number of aliphatic carboxylic acids is 1. The molecule has 0 radical (unpaired) electrons. The molecule has 5 nitrogen and oxygen atoms in total. The van der Waals surface area contributed by atoms with Gasteiger partial charge in [0.2, 0.25) is 0 Å². The van der Waals surface area contributed by atoms with E-state index >= 15 is 0 Å². The van der Waals surface area contributed by atoms with E-state index in [1.165, 1.54) is 10.4 Å². The van der Waals surface area contributed by atoms with Crippen LogP contribution in [0.15, 0.2) is 35.8 Å². The molecule has 4 N–H and O–H groups in total. The number of rotatable bonds is 4. The highest BCUT2D eigenvalue weighted by molar-refractivity contribution is 7.10. The quantitative estimate of drug-likeness (QED) is 0.801. The number of carboxylic acids is 1. The maximum absolute atomic E-state index is 10.6. The van der Waals surface area contributed by atoms with Crippen molar-refractivity contribution in [3.63, 3.8) is 0 Å². The molecule has 9 heteroatoms. The maximum atomic E-state index is 10.6. The van der Waals surface area contributed by atoms with Gasteiger partial charge in [-0.05, 0) is 29.1 Å². The zero-order chi connectivity index (χ0) is 16.6. The Morgan fingerprint density at radius 2 is 2.09 bits per heavy atom. The number of anilines is 1. The van der Waals surface area contributed by atoms with Crippen LogP contribution in [0.2, 0.25) is 0 Å². The Balaban J connectivity index is 0.000000295. The van der Waals surface area contributed by atoms with E-state index in [0.717, 1.165) is 12.4 Å². The van der Waals surface area contributed by atoms with Gasteiger partial charge in [0.25, 0.3) is 0 Å². The number of carboxylic acid groups (broad SMARTS) is 1. The van der Waals surface area contributed by atoms with Crippen LogP contribution in [0.1, 0.15) is 10.4 Å². The lowest BCUT2D eigenvalue weighted by molar-refractivity contribution is -0.192. The first-order chi connectivity index (χ1) is 10.3. The van der Waals surface area contributed by atoms with Crippen LogP contribution < -0.4 is 11.1 Å². The van der Waals surface area contributed by atoms with E-state index < -0.39 is 12.1 Å². The van der Waals surface area contributed by atoms with Crippen LogP contribution in [-0.4, -0.2) is 22.2 Å². The van der Waals surface area contributed by atoms with Crippen LogP contribution in [0.25, 0.3) is 0 Å². The normalized spacial score (nSPS) is 10.5. The molecule has 22 heavy (non-hydrogen) atoms. The van der Waals surface area contributed by atoms with Crippen molar-refractivity contribution in [2.24, 2.45) is 5.73 Å². The minimum Gasteiger partial charge on any atom is -0.475 e. The Hall–Kier alpha value is -2.13. The van der Waals surface area contributed by atoms with E-state index in [4.69, 9.17) is 15.6 Å². The Morgan fingerprint density at radius 1 is 1.41 bits per heavy atom. The highest BCUT2D eigenvalue weighted by Gasteiger charge is 2.38. The van der Waals surface area contributed by atoms with Crippen molar-refractivity contribution >= 4 is 23.1 Å². The summed E-state index contributed by atoms with van der Waals surface area (Å²) in [6, 6.07) is 7.95. The SMILES string of the molecule is NCc1cc(CNc2ccccn2)cs1.O=C(O)C(F)(F)F. The first kappa shape index (κ1) is 17.9. The lowest BCUT2D eigenvalue weighted by atomic mass is 10.3. The summed E-state index contributed by atoms with van der Waals surface area (Å²) in [7, 11) is 0. The van der Waals surface area contributed by atoms with Gasteiger partial charge in [-0.15, -0.1) is 11.3 Å². The summed E-state index contributed by atoms with van der Waals surface area (Å²) in [5, 5.41) is 12.5. The van der Waals surface area contributed by atoms with Gasteiger partial charge in [0.05, 0.1) is 0 Å². The summed E-state index contributed by atoms with van der Waals surface area (Å²) < 4.78 is 31.7. The highest BCUT2D eigenvalue weighted by Crippen LogP contribution is 2.15. The van der Waals surface area contributed by atoms with Crippen molar-refractivity contribution in [2.75, 3.05) is 5.32 Å². The number of nitrogens with two attached hydrogens (primary N) is 1. The van der Waals surface area contributed by atoms with Gasteiger partial charge < -0.3 is 16.2 Å². The molecule has 2 aromatic rings. The van der Waals surface area contributed by atoms with Gasteiger partial charge in [0.15, 0.2) is 0 Å². The average Bonchev–Trinajstić information content (AvgIpc) is 2.94. The molecule has 120 valence electrons. The number of nitrogens with one attached hydrogen (secondary N) is 1. The summed E-state index contributed by atoms with van der Waals surface area (Å²) in [6.07, 6.45) is -3.30. The molecular weight excluding hydrogens is 319 g/mol. The minimum absolute atomic E-state index is 0.619. The van der Waals surface area contributed by atoms with Crippen molar-refractivity contribution < 1.29 is 23.1 Å². The fourth-order valence-electron chi connectivity index (χ4n) is 1.29. The number of carbonyl (C=O) groups is 1. The Bertz CT molecular complexity index is 588. The van der Waals surface area contributed by atoms with Gasteiger partial charge in [0.1, 0.15) is 5.82 Å². The zero-order valence-electron chi connectivity index (χ0n) is 11.3. The second-order valence-corrected chi connectivity index (χ2v) is 4.99. The first-order valence-electron chi connectivity index (χ1n) is 6.04. The third-order valence-corrected chi connectivity index (χ3v) is 3.30. The molecule has 0 aliphatic rings. The number of halogens is 3. The Kier molecular flexibility index (Phi) is 6.80. The maximum Gasteiger partial charge on any atom is 0.490 e. The van der Waals surface area contributed by atoms with Gasteiger partial charge in [-0.25, -0.2) is 9.78 Å². The molecule has 2 heterocycles. The van der Waals surface area contributed by atoms with Gasteiger partial charge >= 0.3 is 12.1 Å². The van der Waals surface area contributed by atoms with E-state index in [0.29, 0.717) is 6.54 Å². The van der Waals surface area contributed by atoms with Crippen molar-refractivity contribution in [3.8, 4) is 0 Å². The van der Waals surface area contributed by atoms with Crippen LogP contribution in [-0.2, 0) is 17.9 Å². The van der Waals surface area contributed by atoms with E-state index in [-0.39, 0.29) is 0 Å². The summed E-state index contributed by atoms with van der Waals surface area (Å²) >= 11 is 1.70.